The normalized spacial score (nSPS) is 16.1. The molecule has 78 valence electrons. The Morgan fingerprint density at radius 3 is 2.40 bits per heavy atom. The number of hydrogen-bond donors (Lipinski definition) is 2. The van der Waals surface area contributed by atoms with Crippen LogP contribution in [0.5, 0.6) is 0 Å². The van der Waals surface area contributed by atoms with Gasteiger partial charge in [-0.25, -0.2) is 4.79 Å². The second-order valence-corrected chi connectivity index (χ2v) is 3.43. The van der Waals surface area contributed by atoms with Gasteiger partial charge in [-0.15, -0.1) is 0 Å². The summed E-state index contributed by atoms with van der Waals surface area (Å²) in [4.78, 5) is 10.8. The van der Waals surface area contributed by atoms with E-state index < -0.39 is 17.5 Å². The molecule has 0 radical (unpaired) electrons. The number of carboxylic acid groups (broad SMARTS) is 1. The Labute approximate surface area is 87.4 Å². The van der Waals surface area contributed by atoms with Gasteiger partial charge in [0.2, 0.25) is 0 Å². The fourth-order valence-electron chi connectivity index (χ4n) is 1.29. The van der Waals surface area contributed by atoms with Gasteiger partial charge in [0.05, 0.1) is 6.07 Å². The zero-order valence-electron chi connectivity index (χ0n) is 8.21. The quantitative estimate of drug-likeness (QED) is 0.775. The molecule has 0 spiro atoms. The number of carboxylic acids is 1. The maximum atomic E-state index is 10.8. The van der Waals surface area contributed by atoms with Crippen molar-refractivity contribution in [3.63, 3.8) is 0 Å². The van der Waals surface area contributed by atoms with E-state index in [0.29, 0.717) is 5.56 Å². The molecule has 2 unspecified atom stereocenters. The van der Waals surface area contributed by atoms with Crippen LogP contribution in [0.3, 0.4) is 0 Å². The Morgan fingerprint density at radius 1 is 1.47 bits per heavy atom. The summed E-state index contributed by atoms with van der Waals surface area (Å²) in [6.45, 7) is 1.12. The average molecular weight is 205 g/mol. The van der Waals surface area contributed by atoms with Gasteiger partial charge in [-0.3, -0.25) is 0 Å². The van der Waals surface area contributed by atoms with Gasteiger partial charge in [0.1, 0.15) is 5.92 Å². The molecule has 2 atom stereocenters. The predicted molar refractivity (Wildman–Crippen MR) is 53.1 cm³/mol. The number of benzene rings is 1. The number of nitrogens with zero attached hydrogens (tertiary/aromatic N) is 1. The maximum Gasteiger partial charge on any atom is 0.337 e. The lowest BCUT2D eigenvalue weighted by Gasteiger charge is -2.23. The van der Waals surface area contributed by atoms with Gasteiger partial charge in [0.25, 0.3) is 0 Å². The van der Waals surface area contributed by atoms with E-state index in [1.165, 1.54) is 0 Å². The summed E-state index contributed by atoms with van der Waals surface area (Å²) in [6.07, 6.45) is 0. The number of nitriles is 1. The predicted octanol–water partition coefficient (Wildman–Crippen LogP) is 1.13. The van der Waals surface area contributed by atoms with Crippen LogP contribution in [0.2, 0.25) is 0 Å². The zero-order valence-corrected chi connectivity index (χ0v) is 8.21. The SMILES string of the molecule is CC(O)(C(=O)O)C(C#N)c1ccccc1. The lowest BCUT2D eigenvalue weighted by atomic mass is 9.84. The van der Waals surface area contributed by atoms with Crippen LogP contribution in [-0.2, 0) is 4.79 Å². The van der Waals surface area contributed by atoms with E-state index in [4.69, 9.17) is 10.4 Å². The molecule has 1 rings (SSSR count). The highest BCUT2D eigenvalue weighted by atomic mass is 16.4. The third kappa shape index (κ3) is 2.14. The first kappa shape index (κ1) is 11.2. The number of carbonyl (C=O) groups is 1. The molecule has 1 aromatic carbocycles. The van der Waals surface area contributed by atoms with Crippen molar-refractivity contribution in [3.8, 4) is 6.07 Å². The van der Waals surface area contributed by atoms with E-state index >= 15 is 0 Å². The fourth-order valence-corrected chi connectivity index (χ4v) is 1.29. The minimum atomic E-state index is -2.07. The molecule has 0 aliphatic rings. The van der Waals surface area contributed by atoms with E-state index in [1.807, 2.05) is 6.07 Å². The highest BCUT2D eigenvalue weighted by Gasteiger charge is 2.40. The third-order valence-electron chi connectivity index (χ3n) is 2.26. The van der Waals surface area contributed by atoms with E-state index in [0.717, 1.165) is 6.92 Å². The fraction of sp³-hybridized carbons (Fsp3) is 0.273. The molecule has 0 amide bonds. The van der Waals surface area contributed by atoms with Crippen LogP contribution in [0.1, 0.15) is 18.4 Å². The van der Waals surface area contributed by atoms with Crippen molar-refractivity contribution in [2.75, 3.05) is 0 Å². The summed E-state index contributed by atoms with van der Waals surface area (Å²) < 4.78 is 0. The molecule has 0 aliphatic carbocycles. The highest BCUT2D eigenvalue weighted by molar-refractivity contribution is 5.79. The second kappa shape index (κ2) is 4.11. The molecule has 0 aliphatic heterocycles. The van der Waals surface area contributed by atoms with Gasteiger partial charge >= 0.3 is 5.97 Å². The van der Waals surface area contributed by atoms with Crippen LogP contribution in [0.4, 0.5) is 0 Å². The molecule has 1 aromatic rings. The van der Waals surface area contributed by atoms with E-state index in [2.05, 4.69) is 0 Å². The highest BCUT2D eigenvalue weighted by Crippen LogP contribution is 2.27. The molecule has 0 fully saturated rings. The Bertz CT molecular complexity index is 392. The van der Waals surface area contributed by atoms with Crippen LogP contribution < -0.4 is 0 Å². The van der Waals surface area contributed by atoms with Crippen molar-refractivity contribution in [3.05, 3.63) is 35.9 Å². The third-order valence-corrected chi connectivity index (χ3v) is 2.26. The van der Waals surface area contributed by atoms with Crippen LogP contribution in [0, 0.1) is 11.3 Å². The lowest BCUT2D eigenvalue weighted by Crippen LogP contribution is -2.40. The first-order valence-electron chi connectivity index (χ1n) is 4.40. The largest absolute Gasteiger partial charge is 0.479 e. The minimum Gasteiger partial charge on any atom is -0.479 e. The summed E-state index contributed by atoms with van der Waals surface area (Å²) in [5.74, 6) is -2.48. The molecule has 0 aromatic heterocycles. The summed E-state index contributed by atoms with van der Waals surface area (Å²) in [5.41, 5.74) is -1.58. The number of rotatable bonds is 3. The van der Waals surface area contributed by atoms with Gasteiger partial charge in [-0.2, -0.15) is 5.26 Å². The molecule has 0 saturated carbocycles. The summed E-state index contributed by atoms with van der Waals surface area (Å²) in [6, 6.07) is 10.2. The molecular formula is C11H11NO3. The minimum absolute atomic E-state index is 0.493. The Hall–Kier alpha value is -1.86. The zero-order chi connectivity index (χ0) is 11.5. The van der Waals surface area contributed by atoms with Gasteiger partial charge < -0.3 is 10.2 Å². The van der Waals surface area contributed by atoms with Gasteiger partial charge in [-0.1, -0.05) is 30.3 Å². The van der Waals surface area contributed by atoms with Crippen molar-refractivity contribution >= 4 is 5.97 Å². The first-order valence-corrected chi connectivity index (χ1v) is 4.40. The molecule has 2 N–H and O–H groups in total. The number of aliphatic hydroxyl groups is 1. The van der Waals surface area contributed by atoms with E-state index in [-0.39, 0.29) is 0 Å². The van der Waals surface area contributed by atoms with Crippen molar-refractivity contribution in [2.45, 2.75) is 18.4 Å². The molecule has 15 heavy (non-hydrogen) atoms. The topological polar surface area (TPSA) is 81.3 Å². The van der Waals surface area contributed by atoms with Gasteiger partial charge in [-0.05, 0) is 12.5 Å². The smallest absolute Gasteiger partial charge is 0.337 e. The molecule has 4 nitrogen and oxygen atoms in total. The van der Waals surface area contributed by atoms with Crippen LogP contribution in [0.15, 0.2) is 30.3 Å². The molecule has 0 saturated heterocycles. The average Bonchev–Trinajstić information content (AvgIpc) is 2.19. The summed E-state index contributed by atoms with van der Waals surface area (Å²) >= 11 is 0. The summed E-state index contributed by atoms with van der Waals surface area (Å²) in [5, 5.41) is 27.4. The van der Waals surface area contributed by atoms with Crippen molar-refractivity contribution in [2.24, 2.45) is 0 Å². The lowest BCUT2D eigenvalue weighted by molar-refractivity contribution is -0.157. The van der Waals surface area contributed by atoms with Crippen molar-refractivity contribution < 1.29 is 15.0 Å². The monoisotopic (exact) mass is 205 g/mol. The van der Waals surface area contributed by atoms with Crippen LogP contribution >= 0.6 is 0 Å². The van der Waals surface area contributed by atoms with Gasteiger partial charge in [0, 0.05) is 0 Å². The Balaban J connectivity index is 3.12. The van der Waals surface area contributed by atoms with E-state index in [9.17, 15) is 9.90 Å². The maximum absolute atomic E-state index is 10.8. The van der Waals surface area contributed by atoms with Crippen molar-refractivity contribution in [1.82, 2.24) is 0 Å². The Kier molecular flexibility index (Phi) is 3.08. The Morgan fingerprint density at radius 2 is 2.00 bits per heavy atom. The second-order valence-electron chi connectivity index (χ2n) is 3.43. The molecule has 4 heteroatoms. The molecule has 0 heterocycles. The summed E-state index contributed by atoms with van der Waals surface area (Å²) in [7, 11) is 0. The first-order chi connectivity index (χ1) is 7.00. The van der Waals surface area contributed by atoms with Crippen LogP contribution in [0.25, 0.3) is 0 Å². The molecular weight excluding hydrogens is 194 g/mol. The van der Waals surface area contributed by atoms with E-state index in [1.54, 1.807) is 30.3 Å². The standard InChI is InChI=1S/C11H11NO3/c1-11(15,10(13)14)9(7-12)8-5-3-2-4-6-8/h2-6,9,15H,1H3,(H,13,14). The molecule has 0 bridgehead atoms. The number of hydrogen-bond acceptors (Lipinski definition) is 3. The van der Waals surface area contributed by atoms with Crippen molar-refractivity contribution in [1.29, 1.82) is 5.26 Å². The number of aliphatic carboxylic acids is 1. The van der Waals surface area contributed by atoms with Crippen LogP contribution in [-0.4, -0.2) is 21.8 Å². The van der Waals surface area contributed by atoms with Gasteiger partial charge in [0.15, 0.2) is 5.60 Å².